The van der Waals surface area contributed by atoms with Crippen molar-refractivity contribution in [3.05, 3.63) is 66.0 Å². The third kappa shape index (κ3) is 3.68. The van der Waals surface area contributed by atoms with Crippen LogP contribution in [0.2, 0.25) is 0 Å². The summed E-state index contributed by atoms with van der Waals surface area (Å²) < 4.78 is 40.4. The van der Waals surface area contributed by atoms with E-state index in [0.717, 1.165) is 17.7 Å². The van der Waals surface area contributed by atoms with Crippen molar-refractivity contribution in [2.75, 3.05) is 13.1 Å². The van der Waals surface area contributed by atoms with Gasteiger partial charge in [0.1, 0.15) is 5.82 Å². The van der Waals surface area contributed by atoms with Crippen molar-refractivity contribution in [2.24, 2.45) is 0 Å². The lowest BCUT2D eigenvalue weighted by Gasteiger charge is -2.44. The number of hydrogen-bond acceptors (Lipinski definition) is 4. The van der Waals surface area contributed by atoms with Crippen LogP contribution in [-0.4, -0.2) is 48.3 Å². The van der Waals surface area contributed by atoms with E-state index < -0.39 is 21.5 Å². The van der Waals surface area contributed by atoms with Gasteiger partial charge >= 0.3 is 0 Å². The molecule has 0 radical (unpaired) electrons. The molecule has 154 valence electrons. The molecule has 0 bridgehead atoms. The van der Waals surface area contributed by atoms with Gasteiger partial charge in [-0.15, -0.1) is 0 Å². The van der Waals surface area contributed by atoms with Crippen molar-refractivity contribution >= 4 is 15.9 Å². The van der Waals surface area contributed by atoms with Gasteiger partial charge in [0, 0.05) is 19.6 Å². The first kappa shape index (κ1) is 20.0. The van der Waals surface area contributed by atoms with Crippen LogP contribution in [0.1, 0.15) is 25.3 Å². The number of nitrogens with zero attached hydrogens (tertiary/aromatic N) is 2. The number of halogens is 1. The van der Waals surface area contributed by atoms with Crippen LogP contribution in [0.15, 0.2) is 59.5 Å². The first-order valence-electron chi connectivity index (χ1n) is 9.71. The zero-order valence-corrected chi connectivity index (χ0v) is 17.0. The van der Waals surface area contributed by atoms with Crippen LogP contribution in [0.3, 0.4) is 0 Å². The number of amides is 1. The lowest BCUT2D eigenvalue weighted by molar-refractivity contribution is -0.133. The summed E-state index contributed by atoms with van der Waals surface area (Å²) in [6, 6.07) is 14.4. The van der Waals surface area contributed by atoms with Crippen LogP contribution in [0.25, 0.3) is 0 Å². The van der Waals surface area contributed by atoms with E-state index in [1.165, 1.54) is 16.4 Å². The molecule has 2 aromatic carbocycles. The zero-order chi connectivity index (χ0) is 20.6. The Morgan fingerprint density at radius 1 is 1.07 bits per heavy atom. The summed E-state index contributed by atoms with van der Waals surface area (Å²) in [5.41, 5.74) is 0.485. The van der Waals surface area contributed by atoms with Gasteiger partial charge in [-0.25, -0.2) is 12.8 Å². The predicted molar refractivity (Wildman–Crippen MR) is 107 cm³/mol. The molecule has 2 fully saturated rings. The summed E-state index contributed by atoms with van der Waals surface area (Å²) in [4.78, 5) is 14.8. The molecule has 4 rings (SSSR count). The third-order valence-corrected chi connectivity index (χ3v) is 7.74. The fourth-order valence-corrected chi connectivity index (χ4v) is 5.69. The highest BCUT2D eigenvalue weighted by Gasteiger charge is 2.51. The van der Waals surface area contributed by atoms with Crippen LogP contribution in [0.5, 0.6) is 0 Å². The minimum Gasteiger partial charge on any atom is -0.319 e. The van der Waals surface area contributed by atoms with Gasteiger partial charge in [-0.05, 0) is 49.6 Å². The van der Waals surface area contributed by atoms with Crippen molar-refractivity contribution in [1.82, 2.24) is 14.5 Å². The Bertz CT molecular complexity index is 988. The smallest absolute Gasteiger partial charge is 0.243 e. The van der Waals surface area contributed by atoms with Gasteiger partial charge in [-0.1, -0.05) is 30.3 Å². The maximum Gasteiger partial charge on any atom is 0.243 e. The fourth-order valence-electron chi connectivity index (χ4n) is 4.25. The second kappa shape index (κ2) is 7.51. The molecule has 2 aliphatic rings. The monoisotopic (exact) mass is 417 g/mol. The molecule has 2 saturated heterocycles. The average molecular weight is 418 g/mol. The molecule has 1 amide bonds. The molecule has 0 aromatic heterocycles. The molecule has 1 N–H and O–H groups in total. The van der Waals surface area contributed by atoms with E-state index in [-0.39, 0.29) is 29.9 Å². The SMILES string of the molecule is C[C@@H]1NC2(CCN(S(=O)(=O)c3ccc(F)cc3)CC2)N(Cc2ccccc2)C1=O. The molecule has 0 aliphatic carbocycles. The summed E-state index contributed by atoms with van der Waals surface area (Å²) in [5, 5.41) is 3.41. The number of hydrogen-bond donors (Lipinski definition) is 1. The molecule has 8 heteroatoms. The van der Waals surface area contributed by atoms with Gasteiger partial charge in [0.25, 0.3) is 0 Å². The van der Waals surface area contributed by atoms with Gasteiger partial charge in [0.15, 0.2) is 0 Å². The van der Waals surface area contributed by atoms with E-state index in [0.29, 0.717) is 19.4 Å². The molecule has 2 aliphatic heterocycles. The van der Waals surface area contributed by atoms with E-state index in [9.17, 15) is 17.6 Å². The Hall–Kier alpha value is -2.29. The number of piperidine rings is 1. The van der Waals surface area contributed by atoms with Crippen molar-refractivity contribution in [3.8, 4) is 0 Å². The van der Waals surface area contributed by atoms with E-state index in [1.54, 1.807) is 0 Å². The highest BCUT2D eigenvalue weighted by atomic mass is 32.2. The number of sulfonamides is 1. The van der Waals surface area contributed by atoms with Crippen molar-refractivity contribution in [1.29, 1.82) is 0 Å². The lowest BCUT2D eigenvalue weighted by atomic mass is 9.96. The Kier molecular flexibility index (Phi) is 5.18. The number of benzene rings is 2. The van der Waals surface area contributed by atoms with Gasteiger partial charge in [-0.3, -0.25) is 10.1 Å². The van der Waals surface area contributed by atoms with Gasteiger partial charge < -0.3 is 4.90 Å². The normalized spacial score (nSPS) is 22.3. The Balaban J connectivity index is 1.53. The summed E-state index contributed by atoms with van der Waals surface area (Å²) in [6.07, 6.45) is 0.993. The number of carbonyl (C=O) groups is 1. The van der Waals surface area contributed by atoms with Crippen molar-refractivity contribution < 1.29 is 17.6 Å². The molecule has 6 nitrogen and oxygen atoms in total. The first-order chi connectivity index (χ1) is 13.8. The summed E-state index contributed by atoms with van der Waals surface area (Å²) in [5.74, 6) is -0.440. The second-order valence-corrected chi connectivity index (χ2v) is 9.60. The largest absolute Gasteiger partial charge is 0.319 e. The highest BCUT2D eigenvalue weighted by molar-refractivity contribution is 7.89. The van der Waals surface area contributed by atoms with E-state index >= 15 is 0 Å². The summed E-state index contributed by atoms with van der Waals surface area (Å²) >= 11 is 0. The van der Waals surface area contributed by atoms with E-state index in [2.05, 4.69) is 5.32 Å². The third-order valence-electron chi connectivity index (χ3n) is 5.82. The van der Waals surface area contributed by atoms with Gasteiger partial charge in [0.05, 0.1) is 16.6 Å². The molecule has 1 atom stereocenters. The second-order valence-electron chi connectivity index (χ2n) is 7.67. The summed E-state index contributed by atoms with van der Waals surface area (Å²) in [7, 11) is -3.69. The Labute approximate surface area is 170 Å². The first-order valence-corrected chi connectivity index (χ1v) is 11.1. The molecule has 29 heavy (non-hydrogen) atoms. The van der Waals surface area contributed by atoms with Crippen LogP contribution < -0.4 is 5.32 Å². The zero-order valence-electron chi connectivity index (χ0n) is 16.2. The van der Waals surface area contributed by atoms with Crippen LogP contribution >= 0.6 is 0 Å². The Morgan fingerprint density at radius 2 is 1.69 bits per heavy atom. The predicted octanol–water partition coefficient (Wildman–Crippen LogP) is 2.33. The van der Waals surface area contributed by atoms with Crippen LogP contribution in [0.4, 0.5) is 4.39 Å². The van der Waals surface area contributed by atoms with Crippen LogP contribution in [-0.2, 0) is 21.4 Å². The quantitative estimate of drug-likeness (QED) is 0.829. The topological polar surface area (TPSA) is 69.7 Å². The van der Waals surface area contributed by atoms with Gasteiger partial charge in [0.2, 0.25) is 15.9 Å². The average Bonchev–Trinajstić information content (AvgIpc) is 2.93. The number of nitrogens with one attached hydrogen (secondary N) is 1. The Morgan fingerprint density at radius 3 is 2.31 bits per heavy atom. The molecule has 0 unspecified atom stereocenters. The highest BCUT2D eigenvalue weighted by Crippen LogP contribution is 2.35. The molecular formula is C21H24FN3O3S. The fraction of sp³-hybridized carbons (Fsp3) is 0.381. The lowest BCUT2D eigenvalue weighted by Crippen LogP contribution is -2.59. The molecule has 2 heterocycles. The van der Waals surface area contributed by atoms with Crippen molar-refractivity contribution in [2.45, 2.75) is 42.9 Å². The van der Waals surface area contributed by atoms with Crippen molar-refractivity contribution in [3.63, 3.8) is 0 Å². The number of carbonyl (C=O) groups excluding carboxylic acids is 1. The van der Waals surface area contributed by atoms with E-state index in [4.69, 9.17) is 0 Å². The molecular weight excluding hydrogens is 393 g/mol. The maximum absolute atomic E-state index is 13.2. The molecule has 0 saturated carbocycles. The van der Waals surface area contributed by atoms with E-state index in [1.807, 2.05) is 42.2 Å². The minimum atomic E-state index is -3.69. The van der Waals surface area contributed by atoms with Crippen LogP contribution in [0, 0.1) is 5.82 Å². The van der Waals surface area contributed by atoms with Gasteiger partial charge in [-0.2, -0.15) is 4.31 Å². The standard InChI is InChI=1S/C21H24FN3O3S/c1-16-20(26)25(15-17-5-3-2-4-6-17)21(23-16)11-13-24(14-12-21)29(27,28)19-9-7-18(22)8-10-19/h2-10,16,23H,11-15H2,1H3/t16-/m0/s1. The molecule has 1 spiro atoms. The maximum atomic E-state index is 13.2. The summed E-state index contributed by atoms with van der Waals surface area (Å²) in [6.45, 7) is 2.91. The minimum absolute atomic E-state index is 0.0312. The number of rotatable bonds is 4. The molecule has 2 aromatic rings.